The Hall–Kier alpha value is -0.466. The van der Waals surface area contributed by atoms with E-state index in [4.69, 9.17) is 4.12 Å². The molecule has 0 aliphatic rings. The zero-order valence-electron chi connectivity index (χ0n) is 14.4. The second kappa shape index (κ2) is 8.58. The van der Waals surface area contributed by atoms with Gasteiger partial charge in [0.05, 0.1) is 0 Å². The van der Waals surface area contributed by atoms with Crippen LogP contribution >= 0.6 is 23.5 Å². The molecule has 0 atom stereocenters. The van der Waals surface area contributed by atoms with Crippen LogP contribution in [0.2, 0.25) is 26.2 Å². The van der Waals surface area contributed by atoms with Crippen LogP contribution in [0.4, 0.5) is 0 Å². The van der Waals surface area contributed by atoms with E-state index in [0.29, 0.717) is 0 Å². The van der Waals surface area contributed by atoms with Crippen LogP contribution in [0, 0.1) is 0 Å². The Bertz CT molecular complexity index is 535. The highest BCUT2D eigenvalue weighted by Crippen LogP contribution is 2.28. The fraction of sp³-hybridized carbons (Fsp3) is 0.333. The third kappa shape index (κ3) is 7.31. The number of hydrogen-bond acceptors (Lipinski definition) is 3. The Kier molecular flexibility index (Phi) is 7.04. The first kappa shape index (κ1) is 18.9. The first-order chi connectivity index (χ1) is 10.9. The molecule has 2 rings (SSSR count). The van der Waals surface area contributed by atoms with Crippen LogP contribution in [0.3, 0.4) is 0 Å². The predicted molar refractivity (Wildman–Crippen MR) is 110 cm³/mol. The van der Waals surface area contributed by atoms with Crippen LogP contribution in [-0.2, 0) is 4.12 Å². The van der Waals surface area contributed by atoms with Crippen molar-refractivity contribution in [1.29, 1.82) is 0 Å². The average Bonchev–Trinajstić information content (AvgIpc) is 2.52. The van der Waals surface area contributed by atoms with E-state index in [1.54, 1.807) is 0 Å². The van der Waals surface area contributed by atoms with E-state index in [1.165, 1.54) is 9.79 Å². The Morgan fingerprint density at radius 1 is 0.652 bits per heavy atom. The summed E-state index contributed by atoms with van der Waals surface area (Å²) < 4.78 is 6.70. The minimum absolute atomic E-state index is 1.11. The summed E-state index contributed by atoms with van der Waals surface area (Å²) in [5, 5.41) is 2.23. The molecule has 0 amide bonds. The van der Waals surface area contributed by atoms with Gasteiger partial charge in [-0.3, -0.25) is 0 Å². The lowest BCUT2D eigenvalue weighted by Gasteiger charge is -2.33. The van der Waals surface area contributed by atoms with Crippen LogP contribution in [0.5, 0.6) is 0 Å². The quantitative estimate of drug-likeness (QED) is 0.407. The summed E-state index contributed by atoms with van der Waals surface area (Å²) in [5.74, 6) is 0. The van der Waals surface area contributed by atoms with E-state index in [1.807, 2.05) is 23.5 Å². The third-order valence-corrected chi connectivity index (χ3v) is 15.6. The largest absolute Gasteiger partial charge is 0.454 e. The van der Waals surface area contributed by atoms with Crippen LogP contribution < -0.4 is 0 Å². The fourth-order valence-electron chi connectivity index (χ4n) is 2.35. The second-order valence-corrected chi connectivity index (χ2v) is 18.5. The van der Waals surface area contributed by atoms with E-state index in [0.717, 1.165) is 10.8 Å². The smallest absolute Gasteiger partial charge is 0.183 e. The standard InChI is InChI=1S/C18H26OS2Si2/c1-22(2,15-20-17-11-7-5-8-12-17)19-23(3,4)16-21-18-13-9-6-10-14-18/h5-14H,15-16H2,1-4H3. The lowest BCUT2D eigenvalue weighted by atomic mass is 10.4. The third-order valence-electron chi connectivity index (χ3n) is 3.21. The molecule has 0 heterocycles. The van der Waals surface area contributed by atoms with E-state index in [9.17, 15) is 0 Å². The summed E-state index contributed by atoms with van der Waals surface area (Å²) >= 11 is 3.87. The van der Waals surface area contributed by atoms with Crippen LogP contribution in [-0.4, -0.2) is 27.4 Å². The van der Waals surface area contributed by atoms with E-state index < -0.39 is 16.6 Å². The van der Waals surface area contributed by atoms with Crippen LogP contribution in [0.15, 0.2) is 70.5 Å². The van der Waals surface area contributed by atoms with Crippen molar-refractivity contribution in [3.05, 3.63) is 60.7 Å². The molecule has 0 saturated heterocycles. The van der Waals surface area contributed by atoms with Crippen molar-refractivity contribution in [3.8, 4) is 0 Å². The van der Waals surface area contributed by atoms with Gasteiger partial charge in [0.15, 0.2) is 16.6 Å². The maximum absolute atomic E-state index is 6.70. The Morgan fingerprint density at radius 2 is 1.00 bits per heavy atom. The molecule has 2 aromatic rings. The van der Waals surface area contributed by atoms with Crippen molar-refractivity contribution >= 4 is 40.2 Å². The van der Waals surface area contributed by atoms with Gasteiger partial charge in [0, 0.05) is 20.5 Å². The van der Waals surface area contributed by atoms with Gasteiger partial charge in [-0.05, 0) is 50.5 Å². The lowest BCUT2D eigenvalue weighted by molar-refractivity contribution is 0.556. The molecule has 0 spiro atoms. The zero-order chi connectivity index (χ0) is 16.8. The molecule has 23 heavy (non-hydrogen) atoms. The lowest BCUT2D eigenvalue weighted by Crippen LogP contribution is -2.48. The highest BCUT2D eigenvalue weighted by Gasteiger charge is 2.33. The summed E-state index contributed by atoms with van der Waals surface area (Å²) in [5.41, 5.74) is 0. The molecule has 2 aromatic carbocycles. The molecule has 0 bridgehead atoms. The van der Waals surface area contributed by atoms with Gasteiger partial charge in [-0.1, -0.05) is 36.4 Å². The topological polar surface area (TPSA) is 9.23 Å². The number of benzene rings is 2. The molecule has 1 nitrogen and oxygen atoms in total. The normalized spacial score (nSPS) is 12.3. The van der Waals surface area contributed by atoms with Gasteiger partial charge < -0.3 is 4.12 Å². The van der Waals surface area contributed by atoms with Gasteiger partial charge in [0.1, 0.15) is 0 Å². The molecule has 5 heteroatoms. The first-order valence-electron chi connectivity index (χ1n) is 7.92. The molecule has 0 aliphatic heterocycles. The minimum Gasteiger partial charge on any atom is -0.454 e. The Balaban J connectivity index is 1.84. The Morgan fingerprint density at radius 3 is 1.35 bits per heavy atom. The van der Waals surface area contributed by atoms with E-state index >= 15 is 0 Å². The van der Waals surface area contributed by atoms with Crippen molar-refractivity contribution in [2.45, 2.75) is 36.0 Å². The molecule has 0 unspecified atom stereocenters. The average molecular weight is 379 g/mol. The summed E-state index contributed by atoms with van der Waals surface area (Å²) in [6, 6.07) is 21.3. The molecule has 0 fully saturated rings. The molecular weight excluding hydrogens is 353 g/mol. The summed E-state index contributed by atoms with van der Waals surface area (Å²) in [6.45, 7) is 9.41. The van der Waals surface area contributed by atoms with Gasteiger partial charge >= 0.3 is 0 Å². The summed E-state index contributed by atoms with van der Waals surface area (Å²) in [4.78, 5) is 2.68. The monoisotopic (exact) mass is 378 g/mol. The van der Waals surface area contributed by atoms with Crippen molar-refractivity contribution in [3.63, 3.8) is 0 Å². The van der Waals surface area contributed by atoms with Crippen molar-refractivity contribution < 1.29 is 4.12 Å². The molecule has 0 N–H and O–H groups in total. The van der Waals surface area contributed by atoms with Crippen molar-refractivity contribution in [1.82, 2.24) is 0 Å². The summed E-state index contributed by atoms with van der Waals surface area (Å²) in [7, 11) is -3.30. The van der Waals surface area contributed by atoms with Crippen molar-refractivity contribution in [2.24, 2.45) is 0 Å². The maximum Gasteiger partial charge on any atom is 0.183 e. The number of hydrogen-bond donors (Lipinski definition) is 0. The molecule has 0 aliphatic carbocycles. The minimum atomic E-state index is -1.65. The highest BCUT2D eigenvalue weighted by molar-refractivity contribution is 8.01. The van der Waals surface area contributed by atoms with Crippen LogP contribution in [0.25, 0.3) is 0 Å². The molecule has 0 aromatic heterocycles. The fourth-order valence-corrected chi connectivity index (χ4v) is 14.7. The highest BCUT2D eigenvalue weighted by atomic mass is 32.2. The summed E-state index contributed by atoms with van der Waals surface area (Å²) in [6.07, 6.45) is 0. The molecule has 124 valence electrons. The first-order valence-corrected chi connectivity index (χ1v) is 16.1. The van der Waals surface area contributed by atoms with Gasteiger partial charge in [-0.15, -0.1) is 23.5 Å². The SMILES string of the molecule is C[Si](C)(CSc1ccccc1)O[Si](C)(C)CSc1ccccc1. The van der Waals surface area contributed by atoms with Gasteiger partial charge in [0.25, 0.3) is 0 Å². The second-order valence-electron chi connectivity index (χ2n) is 6.82. The number of rotatable bonds is 8. The predicted octanol–water partition coefficient (Wildman–Crippen LogP) is 6.08. The molecule has 0 saturated carbocycles. The number of thioether (sulfide) groups is 2. The molecule has 0 radical (unpaired) electrons. The van der Waals surface area contributed by atoms with Gasteiger partial charge in [0.2, 0.25) is 0 Å². The van der Waals surface area contributed by atoms with Crippen LogP contribution in [0.1, 0.15) is 0 Å². The Labute approximate surface area is 151 Å². The van der Waals surface area contributed by atoms with E-state index in [2.05, 4.69) is 86.9 Å². The maximum atomic E-state index is 6.70. The zero-order valence-corrected chi connectivity index (χ0v) is 18.0. The van der Waals surface area contributed by atoms with Gasteiger partial charge in [-0.2, -0.15) is 0 Å². The van der Waals surface area contributed by atoms with E-state index in [-0.39, 0.29) is 0 Å². The van der Waals surface area contributed by atoms with Gasteiger partial charge in [-0.25, -0.2) is 0 Å². The molecular formula is C18H26OS2Si2. The van der Waals surface area contributed by atoms with Crippen molar-refractivity contribution in [2.75, 3.05) is 10.8 Å².